The van der Waals surface area contributed by atoms with Gasteiger partial charge in [0.05, 0.1) is 31.4 Å². The highest BCUT2D eigenvalue weighted by Crippen LogP contribution is 2.41. The van der Waals surface area contributed by atoms with E-state index in [0.29, 0.717) is 41.0 Å². The van der Waals surface area contributed by atoms with Crippen LogP contribution < -0.4 is 9.47 Å². The molecule has 2 aromatic carbocycles. The van der Waals surface area contributed by atoms with E-state index in [1.807, 2.05) is 6.07 Å². The maximum atomic E-state index is 12.7. The van der Waals surface area contributed by atoms with Gasteiger partial charge in [0.15, 0.2) is 11.5 Å². The van der Waals surface area contributed by atoms with Crippen LogP contribution in [0, 0.1) is 0 Å². The third-order valence-electron chi connectivity index (χ3n) is 5.20. The van der Waals surface area contributed by atoms with Gasteiger partial charge in [-0.1, -0.05) is 12.1 Å². The first-order valence-electron chi connectivity index (χ1n) is 8.46. The maximum absolute atomic E-state index is 12.7. The van der Waals surface area contributed by atoms with Crippen LogP contribution in [0.25, 0.3) is 0 Å². The van der Waals surface area contributed by atoms with Crippen molar-refractivity contribution in [1.82, 2.24) is 4.90 Å². The van der Waals surface area contributed by atoms with Gasteiger partial charge in [-0.3, -0.25) is 14.5 Å². The summed E-state index contributed by atoms with van der Waals surface area (Å²) in [5, 5.41) is 10.9. The fourth-order valence-electron chi connectivity index (χ4n) is 3.88. The number of ether oxygens (including phenoxy) is 2. The molecule has 0 fully saturated rings. The van der Waals surface area contributed by atoms with Gasteiger partial charge in [-0.05, 0) is 48.2 Å². The van der Waals surface area contributed by atoms with Gasteiger partial charge in [0.2, 0.25) is 0 Å². The largest absolute Gasteiger partial charge is 0.493 e. The number of hydrogen-bond donors (Lipinski definition) is 1. The molecule has 1 heterocycles. The molecule has 134 valence electrons. The molecule has 1 aliphatic carbocycles. The first-order valence-corrected chi connectivity index (χ1v) is 8.46. The van der Waals surface area contributed by atoms with Crippen LogP contribution in [-0.2, 0) is 6.42 Å². The van der Waals surface area contributed by atoms with Crippen molar-refractivity contribution in [3.8, 4) is 11.5 Å². The lowest BCUT2D eigenvalue weighted by Gasteiger charge is -2.35. The molecule has 0 radical (unpaired) electrons. The number of benzene rings is 2. The Bertz CT molecular complexity index is 872. The molecule has 0 aromatic heterocycles. The molecule has 2 aliphatic rings. The van der Waals surface area contributed by atoms with Crippen LogP contribution in [0.4, 0.5) is 0 Å². The molecule has 26 heavy (non-hydrogen) atoms. The number of fused-ring (bicyclic) bond motifs is 2. The van der Waals surface area contributed by atoms with E-state index >= 15 is 0 Å². The SMILES string of the molecule is COc1cc2c(cc1OC)[C@H](O)[C@@H](N1C(=O)c3ccccc3C1=O)CC2. The lowest BCUT2D eigenvalue weighted by Crippen LogP contribution is -2.45. The van der Waals surface area contributed by atoms with Crippen LogP contribution >= 0.6 is 0 Å². The van der Waals surface area contributed by atoms with E-state index in [0.717, 1.165) is 5.56 Å². The van der Waals surface area contributed by atoms with Gasteiger partial charge in [-0.2, -0.15) is 0 Å². The van der Waals surface area contributed by atoms with E-state index in [9.17, 15) is 14.7 Å². The first kappa shape index (κ1) is 16.6. The van der Waals surface area contributed by atoms with E-state index in [2.05, 4.69) is 0 Å². The third kappa shape index (κ3) is 2.29. The molecule has 0 bridgehead atoms. The monoisotopic (exact) mass is 353 g/mol. The number of aliphatic hydroxyl groups is 1. The van der Waals surface area contributed by atoms with Gasteiger partial charge in [0, 0.05) is 0 Å². The number of aliphatic hydroxyl groups excluding tert-OH is 1. The topological polar surface area (TPSA) is 76.1 Å². The molecule has 0 saturated heterocycles. The summed E-state index contributed by atoms with van der Waals surface area (Å²) in [6.07, 6.45) is 0.153. The Hall–Kier alpha value is -2.86. The van der Waals surface area contributed by atoms with E-state index in [1.165, 1.54) is 12.0 Å². The van der Waals surface area contributed by atoms with Crippen molar-refractivity contribution in [1.29, 1.82) is 0 Å². The van der Waals surface area contributed by atoms with E-state index in [1.54, 1.807) is 37.4 Å². The first-order chi connectivity index (χ1) is 12.6. The Labute approximate surface area is 151 Å². The maximum Gasteiger partial charge on any atom is 0.261 e. The van der Waals surface area contributed by atoms with Gasteiger partial charge >= 0.3 is 0 Å². The number of nitrogens with zero attached hydrogens (tertiary/aromatic N) is 1. The summed E-state index contributed by atoms with van der Waals surface area (Å²) in [5.41, 5.74) is 2.38. The summed E-state index contributed by atoms with van der Waals surface area (Å²) in [4.78, 5) is 26.7. The van der Waals surface area contributed by atoms with Crippen molar-refractivity contribution in [2.45, 2.75) is 25.0 Å². The third-order valence-corrected chi connectivity index (χ3v) is 5.20. The minimum Gasteiger partial charge on any atom is -0.493 e. The highest BCUT2D eigenvalue weighted by atomic mass is 16.5. The lowest BCUT2D eigenvalue weighted by atomic mass is 9.84. The Morgan fingerprint density at radius 2 is 1.58 bits per heavy atom. The van der Waals surface area contributed by atoms with Gasteiger partial charge in [0.1, 0.15) is 6.10 Å². The number of aryl methyl sites for hydroxylation is 1. The molecule has 0 unspecified atom stereocenters. The molecule has 1 N–H and O–H groups in total. The van der Waals surface area contributed by atoms with E-state index in [4.69, 9.17) is 9.47 Å². The zero-order valence-corrected chi connectivity index (χ0v) is 14.6. The van der Waals surface area contributed by atoms with Gasteiger partial charge in [-0.25, -0.2) is 0 Å². The van der Waals surface area contributed by atoms with Gasteiger partial charge in [-0.15, -0.1) is 0 Å². The van der Waals surface area contributed by atoms with Crippen LogP contribution in [0.1, 0.15) is 44.4 Å². The number of carbonyl (C=O) groups excluding carboxylic acids is 2. The summed E-state index contributed by atoms with van der Waals surface area (Å²) in [6, 6.07) is 9.72. The fourth-order valence-corrected chi connectivity index (χ4v) is 3.88. The van der Waals surface area contributed by atoms with Crippen molar-refractivity contribution in [2.24, 2.45) is 0 Å². The van der Waals surface area contributed by atoms with Crippen LogP contribution in [0.2, 0.25) is 0 Å². The zero-order chi connectivity index (χ0) is 18.4. The second-order valence-corrected chi connectivity index (χ2v) is 6.48. The summed E-state index contributed by atoms with van der Waals surface area (Å²) in [7, 11) is 3.09. The molecule has 2 atom stereocenters. The predicted octanol–water partition coefficient (Wildman–Crippen LogP) is 2.35. The second-order valence-electron chi connectivity index (χ2n) is 6.48. The predicted molar refractivity (Wildman–Crippen MR) is 93.6 cm³/mol. The number of amides is 2. The molecule has 0 saturated carbocycles. The Morgan fingerprint density at radius 1 is 1.00 bits per heavy atom. The molecule has 1 aliphatic heterocycles. The second kappa shape index (κ2) is 6.14. The Balaban J connectivity index is 1.71. The fraction of sp³-hybridized carbons (Fsp3) is 0.300. The van der Waals surface area contributed by atoms with E-state index < -0.39 is 12.1 Å². The van der Waals surface area contributed by atoms with Crippen molar-refractivity contribution in [3.05, 3.63) is 58.7 Å². The van der Waals surface area contributed by atoms with Crippen LogP contribution in [0.5, 0.6) is 11.5 Å². The highest BCUT2D eigenvalue weighted by molar-refractivity contribution is 6.21. The van der Waals surface area contributed by atoms with Crippen molar-refractivity contribution in [3.63, 3.8) is 0 Å². The summed E-state index contributed by atoms with van der Waals surface area (Å²) in [6.45, 7) is 0. The smallest absolute Gasteiger partial charge is 0.261 e. The minimum absolute atomic E-state index is 0.349. The molecule has 6 heteroatoms. The number of hydrogen-bond acceptors (Lipinski definition) is 5. The number of rotatable bonds is 3. The van der Waals surface area contributed by atoms with Crippen LogP contribution in [0.15, 0.2) is 36.4 Å². The molecule has 6 nitrogen and oxygen atoms in total. The standard InChI is InChI=1S/C20H19NO5/c1-25-16-9-11-7-8-15(18(22)14(11)10-17(16)26-2)21-19(23)12-5-3-4-6-13(12)20(21)24/h3-6,9-10,15,18,22H,7-8H2,1-2H3/t15-,18-/m0/s1. The number of imide groups is 1. The quantitative estimate of drug-likeness (QED) is 0.857. The average Bonchev–Trinajstić information content (AvgIpc) is 2.92. The van der Waals surface area contributed by atoms with Gasteiger partial charge in [0.25, 0.3) is 11.8 Å². The van der Waals surface area contributed by atoms with Crippen molar-refractivity contribution >= 4 is 11.8 Å². The normalized spacial score (nSPS) is 21.4. The van der Waals surface area contributed by atoms with Crippen molar-refractivity contribution < 1.29 is 24.2 Å². The average molecular weight is 353 g/mol. The lowest BCUT2D eigenvalue weighted by molar-refractivity contribution is 0.0284. The van der Waals surface area contributed by atoms with Gasteiger partial charge < -0.3 is 14.6 Å². The molecule has 4 rings (SSSR count). The van der Waals surface area contributed by atoms with Crippen LogP contribution in [-0.4, -0.2) is 42.1 Å². The Morgan fingerprint density at radius 3 is 2.15 bits per heavy atom. The summed E-state index contributed by atoms with van der Waals surface area (Å²) >= 11 is 0. The van der Waals surface area contributed by atoms with Crippen molar-refractivity contribution in [2.75, 3.05) is 14.2 Å². The van der Waals surface area contributed by atoms with Crippen LogP contribution in [0.3, 0.4) is 0 Å². The summed E-state index contributed by atoms with van der Waals surface area (Å²) in [5.74, 6) is 0.406. The zero-order valence-electron chi connectivity index (χ0n) is 14.6. The number of methoxy groups -OCH3 is 2. The molecule has 2 aromatic rings. The number of carbonyl (C=O) groups is 2. The summed E-state index contributed by atoms with van der Waals surface area (Å²) < 4.78 is 10.6. The highest BCUT2D eigenvalue weighted by Gasteiger charge is 2.44. The molecular weight excluding hydrogens is 334 g/mol. The molecule has 2 amide bonds. The molecular formula is C20H19NO5. The minimum atomic E-state index is -0.972. The van der Waals surface area contributed by atoms with E-state index in [-0.39, 0.29) is 11.8 Å². The molecule has 0 spiro atoms. The Kier molecular flexibility index (Phi) is 3.92.